The van der Waals surface area contributed by atoms with Crippen molar-refractivity contribution in [2.75, 3.05) is 20.3 Å². The van der Waals surface area contributed by atoms with Crippen molar-refractivity contribution >= 4 is 46.9 Å². The van der Waals surface area contributed by atoms with E-state index in [1.54, 1.807) is 13.3 Å². The molecule has 10 nitrogen and oxygen atoms in total. The minimum Gasteiger partial charge on any atom is -0.464 e. The summed E-state index contributed by atoms with van der Waals surface area (Å²) in [6.45, 7) is 6.92. The Morgan fingerprint density at radius 3 is 2.91 bits per heavy atom. The minimum absolute atomic E-state index is 0.181. The number of ether oxygens (including phenoxy) is 2. The van der Waals surface area contributed by atoms with Crippen LogP contribution < -0.4 is 10.1 Å². The number of hydrogen-bond acceptors (Lipinski definition) is 10. The first-order valence-electron chi connectivity index (χ1n) is 14.9. The number of nitrogens with zero attached hydrogens (tertiary/aromatic N) is 3. The summed E-state index contributed by atoms with van der Waals surface area (Å²) >= 11 is 5.78. The normalized spacial score (nSPS) is 21.6. The van der Waals surface area contributed by atoms with Crippen LogP contribution >= 0.6 is 24.2 Å². The largest absolute Gasteiger partial charge is 0.464 e. The van der Waals surface area contributed by atoms with Gasteiger partial charge >= 0.3 is 5.97 Å². The third-order valence-corrected chi connectivity index (χ3v) is 9.61. The van der Waals surface area contributed by atoms with Crippen molar-refractivity contribution in [2.24, 2.45) is 5.41 Å². The number of benzene rings is 1. The fraction of sp³-hybridized carbons (Fsp3) is 0.438. The highest BCUT2D eigenvalue weighted by Gasteiger charge is 2.34. The highest BCUT2D eigenvalue weighted by Crippen LogP contribution is 2.39. The zero-order chi connectivity index (χ0) is 31.0. The SMILES string of the molecule is COC(C)c1ncccc1-c1[nH]c2ccc3cc2c1CC(C)(C)COC(=O)C1CCCN(N1)C(=O)C(NS)Cc1nc-3cs1. The number of aromatic nitrogens is 3. The van der Waals surface area contributed by atoms with Gasteiger partial charge in [-0.25, -0.2) is 10.4 Å². The number of thiol groups is 1. The molecule has 12 heteroatoms. The van der Waals surface area contributed by atoms with Crippen molar-refractivity contribution in [3.05, 3.63) is 58.2 Å². The lowest BCUT2D eigenvalue weighted by molar-refractivity contribution is -0.154. The molecule has 44 heavy (non-hydrogen) atoms. The lowest BCUT2D eigenvalue weighted by atomic mass is 9.84. The van der Waals surface area contributed by atoms with Crippen LogP contribution in [0.5, 0.6) is 0 Å². The molecule has 3 unspecified atom stereocenters. The number of cyclic esters (lactones) is 1. The lowest BCUT2D eigenvalue weighted by Gasteiger charge is -2.35. The number of hydrogen-bond donors (Lipinski definition) is 4. The van der Waals surface area contributed by atoms with Crippen LogP contribution in [0.4, 0.5) is 0 Å². The van der Waals surface area contributed by atoms with Crippen LogP contribution in [0.2, 0.25) is 0 Å². The Hall–Kier alpha value is -3.29. The quantitative estimate of drug-likeness (QED) is 0.182. The number of fused-ring (bicyclic) bond motifs is 6. The summed E-state index contributed by atoms with van der Waals surface area (Å²) in [5.41, 5.74) is 9.45. The van der Waals surface area contributed by atoms with Crippen LogP contribution in [-0.2, 0) is 31.9 Å². The van der Waals surface area contributed by atoms with E-state index in [-0.39, 0.29) is 24.6 Å². The van der Waals surface area contributed by atoms with Gasteiger partial charge in [-0.15, -0.1) is 11.3 Å². The summed E-state index contributed by atoms with van der Waals surface area (Å²) in [5, 5.41) is 5.44. The maximum Gasteiger partial charge on any atom is 0.324 e. The van der Waals surface area contributed by atoms with Gasteiger partial charge in [-0.1, -0.05) is 32.7 Å². The standard InChI is InChI=1S/C32H38N6O4S2/c1-18(41-4)28-20(7-5-11-33-28)29-22-15-32(2,3)17-42-31(40)24-8-6-12-38(36-24)30(39)25(37-43)14-27-34-26(16-44-27)19-9-10-23(35-29)21(22)13-19/h5,7,9-11,13,16,18,24-25,35-37,43H,6,8,12,14-15,17H2,1-4H3. The number of rotatable bonds is 4. The maximum absolute atomic E-state index is 13.4. The predicted molar refractivity (Wildman–Crippen MR) is 174 cm³/mol. The number of methoxy groups -OCH3 is 1. The molecule has 1 fully saturated rings. The Bertz CT molecular complexity index is 1680. The fourth-order valence-electron chi connectivity index (χ4n) is 5.98. The topological polar surface area (TPSA) is 121 Å². The molecule has 232 valence electrons. The van der Waals surface area contributed by atoms with E-state index >= 15 is 0 Å². The Morgan fingerprint density at radius 1 is 1.27 bits per heavy atom. The van der Waals surface area contributed by atoms with E-state index in [0.717, 1.165) is 49.7 Å². The van der Waals surface area contributed by atoms with Crippen molar-refractivity contribution in [3.63, 3.8) is 0 Å². The van der Waals surface area contributed by atoms with Crippen LogP contribution in [0.15, 0.2) is 41.9 Å². The molecule has 0 aliphatic carbocycles. The van der Waals surface area contributed by atoms with E-state index in [2.05, 4.69) is 71.0 Å². The van der Waals surface area contributed by atoms with E-state index < -0.39 is 17.5 Å². The van der Waals surface area contributed by atoms with Crippen molar-refractivity contribution in [2.45, 2.75) is 64.6 Å². The van der Waals surface area contributed by atoms with Gasteiger partial charge < -0.3 is 14.5 Å². The monoisotopic (exact) mass is 634 g/mol. The van der Waals surface area contributed by atoms with Gasteiger partial charge in [0.25, 0.3) is 5.91 Å². The Kier molecular flexibility index (Phi) is 8.80. The molecule has 3 N–H and O–H groups in total. The second kappa shape index (κ2) is 12.6. The number of aromatic amines is 1. The van der Waals surface area contributed by atoms with Crippen LogP contribution in [-0.4, -0.2) is 64.2 Å². The molecule has 6 rings (SSSR count). The van der Waals surface area contributed by atoms with Gasteiger partial charge in [0, 0.05) is 59.1 Å². The molecule has 0 spiro atoms. The predicted octanol–water partition coefficient (Wildman–Crippen LogP) is 5.03. The third-order valence-electron chi connectivity index (χ3n) is 8.43. The molecule has 6 bridgehead atoms. The number of thiazole rings is 1. The number of carbonyl (C=O) groups is 2. The van der Waals surface area contributed by atoms with Gasteiger partial charge in [-0.05, 0) is 56.0 Å². The highest BCUT2D eigenvalue weighted by molar-refractivity contribution is 7.78. The average molecular weight is 635 g/mol. The van der Waals surface area contributed by atoms with Crippen molar-refractivity contribution in [3.8, 4) is 22.5 Å². The zero-order valence-corrected chi connectivity index (χ0v) is 27.1. The number of H-pyrrole nitrogens is 1. The molecular formula is C32H38N6O4S2. The first kappa shape index (κ1) is 30.7. The molecule has 2 aliphatic heterocycles. The van der Waals surface area contributed by atoms with E-state index in [4.69, 9.17) is 14.5 Å². The molecule has 4 aromatic rings. The first-order valence-corrected chi connectivity index (χ1v) is 16.2. The second-order valence-electron chi connectivity index (χ2n) is 12.3. The summed E-state index contributed by atoms with van der Waals surface area (Å²) in [6.07, 6.45) is 3.87. The Balaban J connectivity index is 1.48. The number of carbonyl (C=O) groups excluding carboxylic acids is 2. The van der Waals surface area contributed by atoms with Crippen molar-refractivity contribution in [1.82, 2.24) is 30.1 Å². The molecule has 3 atom stereocenters. The number of pyridine rings is 1. The first-order chi connectivity index (χ1) is 21.2. The molecule has 1 aromatic carbocycles. The van der Waals surface area contributed by atoms with E-state index in [0.29, 0.717) is 32.2 Å². The minimum atomic E-state index is -0.609. The van der Waals surface area contributed by atoms with E-state index in [1.807, 2.05) is 18.4 Å². The van der Waals surface area contributed by atoms with Crippen LogP contribution in [0.1, 0.15) is 56.0 Å². The van der Waals surface area contributed by atoms with Gasteiger partial charge in [0.05, 0.1) is 34.8 Å². The van der Waals surface area contributed by atoms with Crippen LogP contribution in [0, 0.1) is 5.41 Å². The van der Waals surface area contributed by atoms with Gasteiger partial charge in [0.2, 0.25) is 0 Å². The molecule has 0 saturated carbocycles. The van der Waals surface area contributed by atoms with Gasteiger partial charge in [-0.3, -0.25) is 24.3 Å². The van der Waals surface area contributed by atoms with Gasteiger partial charge in [0.1, 0.15) is 12.1 Å². The smallest absolute Gasteiger partial charge is 0.324 e. The van der Waals surface area contributed by atoms with Gasteiger partial charge in [0.15, 0.2) is 0 Å². The summed E-state index contributed by atoms with van der Waals surface area (Å²) < 4.78 is 14.5. The van der Waals surface area contributed by atoms with Gasteiger partial charge in [-0.2, -0.15) is 0 Å². The van der Waals surface area contributed by atoms with Crippen LogP contribution in [0.25, 0.3) is 33.4 Å². The van der Waals surface area contributed by atoms with E-state index in [9.17, 15) is 9.59 Å². The van der Waals surface area contributed by atoms with Crippen molar-refractivity contribution in [1.29, 1.82) is 0 Å². The molecule has 1 amide bonds. The lowest BCUT2D eigenvalue weighted by Crippen LogP contribution is -2.59. The molecular weight excluding hydrogens is 597 g/mol. The number of hydrazine groups is 1. The van der Waals surface area contributed by atoms with Crippen LogP contribution in [0.3, 0.4) is 0 Å². The summed E-state index contributed by atoms with van der Waals surface area (Å²) in [7, 11) is 1.69. The number of amides is 1. The summed E-state index contributed by atoms with van der Waals surface area (Å²) in [6, 6.07) is 9.11. The summed E-state index contributed by atoms with van der Waals surface area (Å²) in [4.78, 5) is 40.0. The molecule has 2 aliphatic rings. The third kappa shape index (κ3) is 6.14. The number of nitrogens with one attached hydrogen (secondary N) is 3. The second-order valence-corrected chi connectivity index (χ2v) is 13.5. The zero-order valence-electron chi connectivity index (χ0n) is 25.3. The molecule has 0 radical (unpaired) electrons. The maximum atomic E-state index is 13.4. The number of esters is 1. The van der Waals surface area contributed by atoms with Crippen molar-refractivity contribution < 1.29 is 19.1 Å². The highest BCUT2D eigenvalue weighted by atomic mass is 32.1. The van der Waals surface area contributed by atoms with E-state index in [1.165, 1.54) is 16.3 Å². The molecule has 5 heterocycles. The Labute approximate surface area is 266 Å². The molecule has 1 saturated heterocycles. The fourth-order valence-corrected chi connectivity index (χ4v) is 7.04. The summed E-state index contributed by atoms with van der Waals surface area (Å²) in [5.74, 6) is -0.541. The average Bonchev–Trinajstić information content (AvgIpc) is 3.65. The Morgan fingerprint density at radius 2 is 2.11 bits per heavy atom. The molecule has 3 aromatic heterocycles.